The number of fused-ring (bicyclic) bond motifs is 1. The van der Waals surface area contributed by atoms with Gasteiger partial charge in [0, 0.05) is 24.3 Å². The molecule has 31 heavy (non-hydrogen) atoms. The molecule has 1 saturated heterocycles. The average Bonchev–Trinajstić information content (AvgIpc) is 2.79. The molecule has 1 N–H and O–H groups in total. The molecule has 2 aliphatic rings. The fourth-order valence-electron chi connectivity index (χ4n) is 4.07. The number of hydrogen-bond acceptors (Lipinski definition) is 5. The summed E-state index contributed by atoms with van der Waals surface area (Å²) in [5.41, 5.74) is 2.02. The van der Waals surface area contributed by atoms with E-state index in [0.29, 0.717) is 23.5 Å². The molecule has 2 aromatic rings. The molecule has 0 saturated carbocycles. The second-order valence-electron chi connectivity index (χ2n) is 8.02. The van der Waals surface area contributed by atoms with Crippen molar-refractivity contribution in [2.24, 2.45) is 0 Å². The summed E-state index contributed by atoms with van der Waals surface area (Å²) in [4.78, 5) is 40.9. The number of likely N-dealkylation sites (tertiary alicyclic amines) is 1. The van der Waals surface area contributed by atoms with Gasteiger partial charge < -0.3 is 19.9 Å². The zero-order valence-electron chi connectivity index (χ0n) is 17.7. The van der Waals surface area contributed by atoms with E-state index in [4.69, 9.17) is 4.74 Å². The van der Waals surface area contributed by atoms with E-state index in [0.717, 1.165) is 38.0 Å². The molecule has 2 aliphatic heterocycles. The Labute approximate surface area is 182 Å². The summed E-state index contributed by atoms with van der Waals surface area (Å²) < 4.78 is 6.02. The lowest BCUT2D eigenvalue weighted by Crippen LogP contribution is -2.52. The van der Waals surface area contributed by atoms with Gasteiger partial charge in [-0.1, -0.05) is 12.1 Å². The Kier molecular flexibility index (Phi) is 6.21. The highest BCUT2D eigenvalue weighted by Crippen LogP contribution is 2.33. The number of benzene rings is 2. The van der Waals surface area contributed by atoms with Gasteiger partial charge in [0.15, 0.2) is 11.9 Å². The third-order valence-electron chi connectivity index (χ3n) is 5.71. The number of anilines is 2. The van der Waals surface area contributed by atoms with Crippen LogP contribution in [-0.4, -0.2) is 54.8 Å². The van der Waals surface area contributed by atoms with Crippen LogP contribution in [0.4, 0.5) is 11.4 Å². The van der Waals surface area contributed by atoms with Crippen molar-refractivity contribution in [1.29, 1.82) is 0 Å². The smallest absolute Gasteiger partial charge is 0.265 e. The Morgan fingerprint density at radius 3 is 2.42 bits per heavy atom. The highest BCUT2D eigenvalue weighted by atomic mass is 16.5. The number of amides is 2. The number of rotatable bonds is 5. The summed E-state index contributed by atoms with van der Waals surface area (Å²) in [5, 5.41) is 2.87. The van der Waals surface area contributed by atoms with E-state index in [1.165, 1.54) is 6.92 Å². The minimum absolute atomic E-state index is 0.0144. The van der Waals surface area contributed by atoms with Gasteiger partial charge in [-0.05, 0) is 62.6 Å². The van der Waals surface area contributed by atoms with E-state index in [9.17, 15) is 14.4 Å². The SMILES string of the molecule is CC(=O)c1ccc(NC(=O)CN2CC(C(=O)N3CCCCC3)Oc3ccccc32)cc1. The Morgan fingerprint density at radius 1 is 1.00 bits per heavy atom. The molecule has 0 radical (unpaired) electrons. The first-order valence-electron chi connectivity index (χ1n) is 10.7. The lowest BCUT2D eigenvalue weighted by molar-refractivity contribution is -0.139. The molecule has 162 valence electrons. The summed E-state index contributed by atoms with van der Waals surface area (Å²) in [7, 11) is 0. The summed E-state index contributed by atoms with van der Waals surface area (Å²) in [6.45, 7) is 3.45. The van der Waals surface area contributed by atoms with Crippen LogP contribution in [0.5, 0.6) is 5.75 Å². The molecule has 1 fully saturated rings. The Balaban J connectivity index is 1.46. The van der Waals surface area contributed by atoms with Crippen molar-refractivity contribution in [3.63, 3.8) is 0 Å². The Hall–Kier alpha value is -3.35. The Morgan fingerprint density at radius 2 is 1.71 bits per heavy atom. The predicted octanol–water partition coefficient (Wildman–Crippen LogP) is 3.11. The van der Waals surface area contributed by atoms with E-state index in [-0.39, 0.29) is 24.1 Å². The minimum Gasteiger partial charge on any atom is -0.477 e. The van der Waals surface area contributed by atoms with Crippen LogP contribution in [0.1, 0.15) is 36.5 Å². The number of nitrogens with zero attached hydrogens (tertiary/aromatic N) is 2. The van der Waals surface area contributed by atoms with Crippen LogP contribution in [0.15, 0.2) is 48.5 Å². The van der Waals surface area contributed by atoms with Gasteiger partial charge in [-0.15, -0.1) is 0 Å². The topological polar surface area (TPSA) is 79.0 Å². The number of ether oxygens (including phenoxy) is 1. The third-order valence-corrected chi connectivity index (χ3v) is 5.71. The van der Waals surface area contributed by atoms with Crippen molar-refractivity contribution in [3.05, 3.63) is 54.1 Å². The van der Waals surface area contributed by atoms with Crippen molar-refractivity contribution >= 4 is 29.0 Å². The van der Waals surface area contributed by atoms with Gasteiger partial charge in [0.2, 0.25) is 5.91 Å². The van der Waals surface area contributed by atoms with Crippen LogP contribution < -0.4 is 15.0 Å². The largest absolute Gasteiger partial charge is 0.477 e. The average molecular weight is 421 g/mol. The molecule has 0 bridgehead atoms. The standard InChI is InChI=1S/C24H27N3O4/c1-17(28)18-9-11-19(12-10-18)25-23(29)16-27-15-22(24(30)26-13-5-2-6-14-26)31-21-8-4-3-7-20(21)27/h3-4,7-12,22H,2,5-6,13-16H2,1H3,(H,25,29). The number of nitrogens with one attached hydrogen (secondary N) is 1. The first-order chi connectivity index (χ1) is 15.0. The molecule has 2 heterocycles. The van der Waals surface area contributed by atoms with Crippen molar-refractivity contribution in [2.75, 3.05) is 36.4 Å². The Bertz CT molecular complexity index is 967. The van der Waals surface area contributed by atoms with Crippen molar-refractivity contribution in [2.45, 2.75) is 32.3 Å². The van der Waals surface area contributed by atoms with Crippen LogP contribution in [0.2, 0.25) is 0 Å². The van der Waals surface area contributed by atoms with Crippen LogP contribution >= 0.6 is 0 Å². The second-order valence-corrected chi connectivity index (χ2v) is 8.02. The maximum absolute atomic E-state index is 13.0. The molecule has 1 unspecified atom stereocenters. The number of carbonyl (C=O) groups excluding carboxylic acids is 3. The quantitative estimate of drug-likeness (QED) is 0.751. The maximum atomic E-state index is 13.0. The minimum atomic E-state index is -0.629. The molecular weight excluding hydrogens is 394 g/mol. The monoisotopic (exact) mass is 421 g/mol. The van der Waals surface area contributed by atoms with Gasteiger partial charge in [-0.25, -0.2) is 0 Å². The molecular formula is C24H27N3O4. The first kappa shape index (κ1) is 20.9. The number of para-hydroxylation sites is 2. The zero-order chi connectivity index (χ0) is 21.8. The summed E-state index contributed by atoms with van der Waals surface area (Å²) in [6.07, 6.45) is 2.56. The number of carbonyl (C=O) groups is 3. The van der Waals surface area contributed by atoms with E-state index in [1.807, 2.05) is 34.1 Å². The maximum Gasteiger partial charge on any atom is 0.265 e. The normalized spacial score (nSPS) is 18.0. The van der Waals surface area contributed by atoms with Crippen molar-refractivity contribution < 1.29 is 19.1 Å². The lowest BCUT2D eigenvalue weighted by atomic mass is 10.1. The van der Waals surface area contributed by atoms with Crippen LogP contribution in [0.3, 0.4) is 0 Å². The molecule has 2 amide bonds. The fourth-order valence-corrected chi connectivity index (χ4v) is 4.07. The lowest BCUT2D eigenvalue weighted by Gasteiger charge is -2.38. The summed E-state index contributed by atoms with van der Waals surface area (Å²) in [5.74, 6) is 0.380. The van der Waals surface area contributed by atoms with E-state index in [1.54, 1.807) is 24.3 Å². The van der Waals surface area contributed by atoms with Gasteiger partial charge in [-0.3, -0.25) is 14.4 Å². The zero-order valence-corrected chi connectivity index (χ0v) is 17.7. The van der Waals surface area contributed by atoms with Gasteiger partial charge in [0.1, 0.15) is 5.75 Å². The highest BCUT2D eigenvalue weighted by molar-refractivity contribution is 5.97. The highest BCUT2D eigenvalue weighted by Gasteiger charge is 2.34. The van der Waals surface area contributed by atoms with Crippen molar-refractivity contribution in [1.82, 2.24) is 4.90 Å². The summed E-state index contributed by atoms with van der Waals surface area (Å²) in [6, 6.07) is 14.3. The predicted molar refractivity (Wildman–Crippen MR) is 119 cm³/mol. The molecule has 4 rings (SSSR count). The molecule has 0 spiro atoms. The molecule has 2 aromatic carbocycles. The second kappa shape index (κ2) is 9.20. The van der Waals surface area contributed by atoms with Gasteiger partial charge in [0.05, 0.1) is 18.8 Å². The molecule has 0 aromatic heterocycles. The van der Waals surface area contributed by atoms with Crippen LogP contribution in [0, 0.1) is 0 Å². The van der Waals surface area contributed by atoms with E-state index in [2.05, 4.69) is 5.32 Å². The number of piperidine rings is 1. The van der Waals surface area contributed by atoms with Gasteiger partial charge in [-0.2, -0.15) is 0 Å². The third kappa shape index (κ3) is 4.87. The van der Waals surface area contributed by atoms with E-state index >= 15 is 0 Å². The first-order valence-corrected chi connectivity index (χ1v) is 10.7. The number of Topliss-reactive ketones (excluding diaryl/α,β-unsaturated/α-hetero) is 1. The van der Waals surface area contributed by atoms with Crippen LogP contribution in [-0.2, 0) is 9.59 Å². The number of ketones is 1. The number of hydrogen-bond donors (Lipinski definition) is 1. The molecule has 7 heteroatoms. The van der Waals surface area contributed by atoms with Crippen molar-refractivity contribution in [3.8, 4) is 5.75 Å². The molecule has 7 nitrogen and oxygen atoms in total. The van der Waals surface area contributed by atoms with E-state index < -0.39 is 6.10 Å². The van der Waals surface area contributed by atoms with Gasteiger partial charge in [0.25, 0.3) is 5.91 Å². The molecule has 0 aliphatic carbocycles. The fraction of sp³-hybridized carbons (Fsp3) is 0.375. The summed E-state index contributed by atoms with van der Waals surface area (Å²) >= 11 is 0. The van der Waals surface area contributed by atoms with Crippen LogP contribution in [0.25, 0.3) is 0 Å². The molecule has 1 atom stereocenters. The van der Waals surface area contributed by atoms with Gasteiger partial charge >= 0.3 is 0 Å².